The molecule has 2 aromatic carbocycles. The fourth-order valence-corrected chi connectivity index (χ4v) is 3.90. The number of carbonyl (C=O) groups is 1. The summed E-state index contributed by atoms with van der Waals surface area (Å²) in [5.41, 5.74) is 1.55. The molecule has 3 heterocycles. The van der Waals surface area contributed by atoms with E-state index in [9.17, 15) is 19.7 Å². The van der Waals surface area contributed by atoms with Crippen LogP contribution in [0.4, 0.5) is 11.5 Å². The molecule has 4 aromatic rings. The maximum absolute atomic E-state index is 13.4. The van der Waals surface area contributed by atoms with Crippen molar-refractivity contribution in [3.8, 4) is 0 Å². The average Bonchev–Trinajstić information content (AvgIpc) is 3.06. The molecule has 8 heteroatoms. The second-order valence-corrected chi connectivity index (χ2v) is 7.29. The van der Waals surface area contributed by atoms with Crippen molar-refractivity contribution in [2.24, 2.45) is 0 Å². The molecule has 0 saturated heterocycles. The van der Waals surface area contributed by atoms with E-state index in [0.717, 1.165) is 5.56 Å². The molecule has 0 N–H and O–H groups in total. The van der Waals surface area contributed by atoms with Gasteiger partial charge in [-0.25, -0.2) is 4.98 Å². The van der Waals surface area contributed by atoms with Crippen molar-refractivity contribution in [1.82, 2.24) is 4.98 Å². The van der Waals surface area contributed by atoms with Crippen LogP contribution in [0.1, 0.15) is 33.3 Å². The molecule has 1 atom stereocenters. The van der Waals surface area contributed by atoms with Crippen molar-refractivity contribution >= 4 is 28.4 Å². The summed E-state index contributed by atoms with van der Waals surface area (Å²) in [4.78, 5) is 43.1. The van der Waals surface area contributed by atoms with Gasteiger partial charge in [0, 0.05) is 18.3 Å². The number of fused-ring (bicyclic) bond motifs is 2. The molecule has 31 heavy (non-hydrogen) atoms. The minimum Gasteiger partial charge on any atom is -0.450 e. The minimum absolute atomic E-state index is 0.0460. The summed E-state index contributed by atoms with van der Waals surface area (Å²) >= 11 is 0. The van der Waals surface area contributed by atoms with E-state index in [1.807, 2.05) is 6.92 Å². The van der Waals surface area contributed by atoms with Gasteiger partial charge in [-0.3, -0.25) is 24.6 Å². The van der Waals surface area contributed by atoms with Crippen LogP contribution in [-0.2, 0) is 0 Å². The van der Waals surface area contributed by atoms with Crippen molar-refractivity contribution < 1.29 is 14.1 Å². The van der Waals surface area contributed by atoms with Crippen molar-refractivity contribution in [2.75, 3.05) is 4.90 Å². The molecule has 0 aliphatic carbocycles. The number of nitro groups is 1. The highest BCUT2D eigenvalue weighted by Gasteiger charge is 2.44. The van der Waals surface area contributed by atoms with Gasteiger partial charge in [0.2, 0.25) is 5.76 Å². The van der Waals surface area contributed by atoms with E-state index < -0.39 is 16.9 Å². The quantitative estimate of drug-likeness (QED) is 0.369. The Kier molecular flexibility index (Phi) is 4.14. The Morgan fingerprint density at radius 3 is 2.52 bits per heavy atom. The van der Waals surface area contributed by atoms with Gasteiger partial charge in [-0.1, -0.05) is 12.1 Å². The third-order valence-electron chi connectivity index (χ3n) is 5.35. The largest absolute Gasteiger partial charge is 0.450 e. The van der Waals surface area contributed by atoms with Gasteiger partial charge < -0.3 is 4.42 Å². The maximum Gasteiger partial charge on any atom is 0.296 e. The second-order valence-electron chi connectivity index (χ2n) is 7.29. The number of nitro benzene ring substituents is 1. The molecule has 5 rings (SSSR count). The van der Waals surface area contributed by atoms with E-state index in [2.05, 4.69) is 4.98 Å². The predicted octanol–water partition coefficient (Wildman–Crippen LogP) is 4.15. The van der Waals surface area contributed by atoms with Gasteiger partial charge in [0.25, 0.3) is 11.6 Å². The number of anilines is 1. The molecule has 0 spiro atoms. The number of hydrogen-bond donors (Lipinski definition) is 0. The summed E-state index contributed by atoms with van der Waals surface area (Å²) in [5, 5.41) is 11.4. The van der Waals surface area contributed by atoms with Crippen molar-refractivity contribution in [3.05, 3.63) is 110 Å². The smallest absolute Gasteiger partial charge is 0.296 e. The molecule has 0 radical (unpaired) electrons. The lowest BCUT2D eigenvalue weighted by Crippen LogP contribution is -2.30. The fraction of sp³-hybridized carbons (Fsp3) is 0.0870. The Morgan fingerprint density at radius 2 is 1.81 bits per heavy atom. The van der Waals surface area contributed by atoms with Crippen LogP contribution in [-0.4, -0.2) is 15.8 Å². The molecule has 1 amide bonds. The number of hydrogen-bond acceptors (Lipinski definition) is 6. The van der Waals surface area contributed by atoms with Crippen LogP contribution in [0.2, 0.25) is 0 Å². The highest BCUT2D eigenvalue weighted by atomic mass is 16.6. The first-order chi connectivity index (χ1) is 15.0. The van der Waals surface area contributed by atoms with Gasteiger partial charge in [-0.2, -0.15) is 0 Å². The van der Waals surface area contributed by atoms with Crippen LogP contribution in [0, 0.1) is 17.0 Å². The van der Waals surface area contributed by atoms with Gasteiger partial charge in [0.15, 0.2) is 5.43 Å². The molecule has 2 aromatic heterocycles. The first-order valence-electron chi connectivity index (χ1n) is 9.52. The molecule has 1 aliphatic heterocycles. The third-order valence-corrected chi connectivity index (χ3v) is 5.35. The SMILES string of the molecule is Cc1ccnc(N2C(=O)c3oc4ccccc4c(=O)c3C2c2ccc([N+](=O)[O-])cc2)c1. The zero-order valence-corrected chi connectivity index (χ0v) is 16.3. The highest BCUT2D eigenvalue weighted by Crippen LogP contribution is 2.40. The predicted molar refractivity (Wildman–Crippen MR) is 113 cm³/mol. The Bertz CT molecular complexity index is 1430. The zero-order valence-electron chi connectivity index (χ0n) is 16.3. The maximum atomic E-state index is 13.4. The molecule has 0 fully saturated rings. The summed E-state index contributed by atoms with van der Waals surface area (Å²) in [6, 6.07) is 15.2. The number of aromatic nitrogens is 1. The molecule has 1 aliphatic rings. The number of amides is 1. The summed E-state index contributed by atoms with van der Waals surface area (Å²) in [5.74, 6) is -0.169. The molecular formula is C23H15N3O5. The number of nitrogens with zero attached hydrogens (tertiary/aromatic N) is 3. The lowest BCUT2D eigenvalue weighted by molar-refractivity contribution is -0.384. The van der Waals surface area contributed by atoms with Crippen LogP contribution < -0.4 is 10.3 Å². The lowest BCUT2D eigenvalue weighted by atomic mass is 9.98. The lowest BCUT2D eigenvalue weighted by Gasteiger charge is -2.24. The minimum atomic E-state index is -0.821. The van der Waals surface area contributed by atoms with Gasteiger partial charge >= 0.3 is 0 Å². The standard InChI is InChI=1S/C23H15N3O5/c1-13-10-11-24-18(12-13)25-20(14-6-8-15(9-7-14)26(29)30)19-21(27)16-4-2-3-5-17(16)31-22(19)23(25)28/h2-12,20H,1H3. The number of benzene rings is 2. The summed E-state index contributed by atoms with van der Waals surface area (Å²) in [6.07, 6.45) is 1.58. The Morgan fingerprint density at radius 1 is 1.06 bits per heavy atom. The van der Waals surface area contributed by atoms with Crippen molar-refractivity contribution in [3.63, 3.8) is 0 Å². The normalized spacial score (nSPS) is 15.3. The van der Waals surface area contributed by atoms with E-state index in [4.69, 9.17) is 4.42 Å². The van der Waals surface area contributed by atoms with E-state index >= 15 is 0 Å². The molecular weight excluding hydrogens is 398 g/mol. The molecule has 1 unspecified atom stereocenters. The molecule has 0 saturated carbocycles. The van der Waals surface area contributed by atoms with Gasteiger partial charge in [0.05, 0.1) is 21.9 Å². The van der Waals surface area contributed by atoms with Crippen LogP contribution in [0.25, 0.3) is 11.0 Å². The van der Waals surface area contributed by atoms with E-state index in [1.165, 1.54) is 17.0 Å². The molecule has 152 valence electrons. The summed E-state index contributed by atoms with van der Waals surface area (Å²) in [7, 11) is 0. The first-order valence-corrected chi connectivity index (χ1v) is 9.52. The molecule has 0 bridgehead atoms. The topological polar surface area (TPSA) is 107 Å². The van der Waals surface area contributed by atoms with Crippen LogP contribution >= 0.6 is 0 Å². The summed E-state index contributed by atoms with van der Waals surface area (Å²) in [6.45, 7) is 1.87. The highest BCUT2D eigenvalue weighted by molar-refractivity contribution is 6.10. The second kappa shape index (κ2) is 6.88. The average molecular weight is 413 g/mol. The number of rotatable bonds is 3. The van der Waals surface area contributed by atoms with Gasteiger partial charge in [0.1, 0.15) is 11.4 Å². The van der Waals surface area contributed by atoms with Crippen LogP contribution in [0.5, 0.6) is 0 Å². The van der Waals surface area contributed by atoms with Crippen molar-refractivity contribution in [1.29, 1.82) is 0 Å². The number of carbonyl (C=O) groups excluding carboxylic acids is 1. The van der Waals surface area contributed by atoms with Gasteiger partial charge in [-0.05, 0) is 54.4 Å². The number of aryl methyl sites for hydroxylation is 1. The molecule has 8 nitrogen and oxygen atoms in total. The van der Waals surface area contributed by atoms with E-state index in [0.29, 0.717) is 22.4 Å². The fourth-order valence-electron chi connectivity index (χ4n) is 3.90. The Labute approximate surface area is 175 Å². The Balaban J connectivity index is 1.79. The number of para-hydroxylation sites is 1. The zero-order chi connectivity index (χ0) is 21.7. The first kappa shape index (κ1) is 18.7. The van der Waals surface area contributed by atoms with Crippen molar-refractivity contribution in [2.45, 2.75) is 13.0 Å². The number of pyridine rings is 1. The monoisotopic (exact) mass is 413 g/mol. The third kappa shape index (κ3) is 2.88. The van der Waals surface area contributed by atoms with Gasteiger partial charge in [-0.15, -0.1) is 0 Å². The van der Waals surface area contributed by atoms with Crippen LogP contribution in [0.15, 0.2) is 76.1 Å². The van der Waals surface area contributed by atoms with E-state index in [-0.39, 0.29) is 22.4 Å². The van der Waals surface area contributed by atoms with Crippen LogP contribution in [0.3, 0.4) is 0 Å². The summed E-state index contributed by atoms with van der Waals surface area (Å²) < 4.78 is 5.87. The Hall–Kier alpha value is -4.33. The number of non-ortho nitro benzene ring substituents is 1. The van der Waals surface area contributed by atoms with E-state index in [1.54, 1.807) is 54.7 Å².